The molecule has 0 spiro atoms. The molecule has 125 heavy (non-hydrogen) atoms. The van der Waals surface area contributed by atoms with E-state index in [4.69, 9.17) is 70.1 Å². The fraction of sp³-hybridized carbons (Fsp3) is 0.374. The van der Waals surface area contributed by atoms with Crippen LogP contribution in [0.5, 0.6) is 23.0 Å². The van der Waals surface area contributed by atoms with Crippen molar-refractivity contribution >= 4 is 105 Å². The highest BCUT2D eigenvalue weighted by Gasteiger charge is 2.72. The van der Waals surface area contributed by atoms with E-state index in [2.05, 4.69) is 67.9 Å². The molecule has 0 saturated heterocycles. The number of halogens is 6. The molecule has 6 aromatic carbocycles. The minimum Gasteiger partial charge on any atom is -0.484 e. The van der Waals surface area contributed by atoms with Crippen molar-refractivity contribution in [2.75, 3.05) is 45.5 Å². The van der Waals surface area contributed by atoms with Crippen LogP contribution in [0, 0.1) is 39.3 Å². The zero-order chi connectivity index (χ0) is 88.4. The second-order valence-electron chi connectivity index (χ2n) is 34.7. The molecule has 13 fully saturated rings. The molecular weight excluding hydrogens is 1690 g/mol. The molecule has 652 valence electrons. The zero-order valence-electron chi connectivity index (χ0n) is 69.0. The van der Waals surface area contributed by atoms with Crippen LogP contribution in [0.25, 0.3) is 0 Å². The summed E-state index contributed by atoms with van der Waals surface area (Å²) in [5, 5.41) is 32.6. The summed E-state index contributed by atoms with van der Waals surface area (Å²) in [5.41, 5.74) is 4.57. The Morgan fingerprint density at radius 2 is 0.824 bits per heavy atom. The first kappa shape index (κ1) is 88.0. The molecule has 0 aliphatic heterocycles. The van der Waals surface area contributed by atoms with Gasteiger partial charge in [0.2, 0.25) is 5.91 Å². The summed E-state index contributed by atoms with van der Waals surface area (Å²) in [6.45, 7) is 7.42. The molecular formula is C91H92Cl4F2N14O14. The minimum absolute atomic E-state index is 0.000891. The predicted molar refractivity (Wildman–Crippen MR) is 459 cm³/mol. The highest BCUT2D eigenvalue weighted by molar-refractivity contribution is 6.32. The Balaban J connectivity index is 0.000000129. The lowest BCUT2D eigenvalue weighted by atomic mass is 9.44. The van der Waals surface area contributed by atoms with Gasteiger partial charge >= 0.3 is 0 Å². The van der Waals surface area contributed by atoms with Gasteiger partial charge < -0.3 is 71.5 Å². The van der Waals surface area contributed by atoms with E-state index < -0.39 is 11.6 Å². The summed E-state index contributed by atoms with van der Waals surface area (Å²) in [5.74, 6) is -0.243. The number of pyridine rings is 1. The Bertz CT molecular complexity index is 5630. The van der Waals surface area contributed by atoms with Crippen molar-refractivity contribution in [2.24, 2.45) is 0 Å². The van der Waals surface area contributed by atoms with Crippen LogP contribution in [0.2, 0.25) is 20.1 Å². The third-order valence-electron chi connectivity index (χ3n) is 23.9. The third kappa shape index (κ3) is 20.6. The van der Waals surface area contributed by atoms with Crippen molar-refractivity contribution in [3.63, 3.8) is 0 Å². The van der Waals surface area contributed by atoms with E-state index in [-0.39, 0.29) is 152 Å². The molecule has 8 bridgehead atoms. The Morgan fingerprint density at radius 1 is 0.432 bits per heavy atom. The number of nitrogens with one attached hydrogen (secondary N) is 9. The monoisotopic (exact) mass is 1780 g/mol. The van der Waals surface area contributed by atoms with Crippen molar-refractivity contribution in [3.8, 4) is 23.0 Å². The van der Waals surface area contributed by atoms with Crippen LogP contribution in [0.3, 0.4) is 0 Å². The molecule has 9 aromatic rings. The molecule has 34 heteroatoms. The van der Waals surface area contributed by atoms with Crippen molar-refractivity contribution in [1.82, 2.24) is 67.3 Å². The number of amides is 9. The number of para-hydroxylation sites is 1. The second kappa shape index (κ2) is 35.7. The number of hydrogen-bond donors (Lipinski definition) is 9. The van der Waals surface area contributed by atoms with Crippen molar-refractivity contribution in [1.29, 1.82) is 0 Å². The molecule has 13 saturated carbocycles. The standard InChI is InChI=1S/C25H25ClN4O3.C23H23ClFN3O5.C22H23ClN4O3.C21H21ClFN3O3/c1-17-11-19(7-8-21(17)26)33-13-22(31)28-24-14-25(15-24,16-24)29-23(32)20-6-3-2-5-18(20)12-30-10-4-9-27-30;1-32-9-19(29)26-18-5-3-2-4-15(18)21(31)28-23-11-22(12-23,13-23)27-20(30)10-33-14-6-7-16(24)17(25)8-14;1-13-6-16(4-5-17(13)23)30-9-18(28)26-21-10-22(11-21,12-21)27-20(29)15-7-24-19(25-8-15)14-2-3-14;1-12-5-13(2)24-17(6-12)19(28)26-21-9-20(10-21,11-21)25-18(27)8-29-14-3-4-15(22)16(23)7-14/h2-11H,12-16H2,1H3,(H,28,31)(H,29,32);2-8H,9-13H2,1H3,(H,26,29)(H,27,30)(H,28,31);4-8,14H,2-3,9-12H2,1H3,(H,26,28)(H,27,29);3-7H,8-11H2,1-2H3,(H,25,27)(H,26,28). The molecule has 13 aliphatic rings. The van der Waals surface area contributed by atoms with Gasteiger partial charge in [-0.05, 0) is 237 Å². The van der Waals surface area contributed by atoms with Crippen LogP contribution in [0.15, 0.2) is 164 Å². The Kier molecular flexibility index (Phi) is 25.1. The average molecular weight is 1790 g/mol. The largest absolute Gasteiger partial charge is 0.484 e. The highest BCUT2D eigenvalue weighted by Crippen LogP contribution is 2.63. The number of rotatable bonds is 30. The van der Waals surface area contributed by atoms with Gasteiger partial charge in [-0.15, -0.1) is 0 Å². The van der Waals surface area contributed by atoms with Crippen molar-refractivity contribution in [2.45, 2.75) is 174 Å². The molecule has 0 atom stereocenters. The fourth-order valence-electron chi connectivity index (χ4n) is 18.4. The number of methoxy groups -OCH3 is 1. The lowest BCUT2D eigenvalue weighted by Crippen LogP contribution is -2.84. The number of carbonyl (C=O) groups excluding carboxylic acids is 9. The third-order valence-corrected chi connectivity index (χ3v) is 25.3. The SMILES string of the molecule is COCC(=O)Nc1ccccc1C(=O)NC12CC(NC(=O)COc3ccc(Cl)c(F)c3)(C1)C2.Cc1cc(C)nc(C(=O)NC23CC(NC(=O)COc4ccc(Cl)c(F)c4)(C2)C3)c1.Cc1cc(OCC(=O)NC23CC(NC(=O)c4ccccc4Cn4cccn4)(C2)C3)ccc1Cl.Cc1cc(OCC(=O)NC23CC(NC(=O)c4cnc(C5CC5)nc4)(C2)C3)ccc1Cl. The van der Waals surface area contributed by atoms with E-state index in [1.807, 2.05) is 82.4 Å². The lowest BCUT2D eigenvalue weighted by Gasteiger charge is -2.70. The van der Waals surface area contributed by atoms with Gasteiger partial charge in [0, 0.05) is 116 Å². The van der Waals surface area contributed by atoms with Crippen molar-refractivity contribution in [3.05, 3.63) is 252 Å². The van der Waals surface area contributed by atoms with E-state index in [9.17, 15) is 51.9 Å². The molecule has 22 rings (SSSR count). The topological polar surface area (TPSA) is 365 Å². The quantitative estimate of drug-likeness (QED) is 0.0202. The molecule has 3 aromatic heterocycles. The van der Waals surface area contributed by atoms with Gasteiger partial charge in [0.1, 0.15) is 52.8 Å². The minimum atomic E-state index is -0.619. The molecule has 0 radical (unpaired) electrons. The Morgan fingerprint density at radius 3 is 1.23 bits per heavy atom. The van der Waals surface area contributed by atoms with Gasteiger partial charge in [0.25, 0.3) is 47.3 Å². The zero-order valence-corrected chi connectivity index (χ0v) is 72.1. The molecule has 9 N–H and O–H groups in total. The second-order valence-corrected chi connectivity index (χ2v) is 36.3. The number of nitrogens with zero attached hydrogens (tertiary/aromatic N) is 5. The van der Waals surface area contributed by atoms with Gasteiger partial charge in [0.15, 0.2) is 26.4 Å². The number of ether oxygens (including phenoxy) is 5. The molecule has 9 amide bonds. The first-order valence-electron chi connectivity index (χ1n) is 40.8. The van der Waals surface area contributed by atoms with Gasteiger partial charge in [-0.1, -0.05) is 76.7 Å². The van der Waals surface area contributed by atoms with Gasteiger partial charge in [-0.2, -0.15) is 5.10 Å². The molecule has 13 aliphatic carbocycles. The summed E-state index contributed by atoms with van der Waals surface area (Å²) in [7, 11) is 1.42. The van der Waals surface area contributed by atoms with E-state index >= 15 is 0 Å². The Hall–Kier alpha value is -11.8. The smallest absolute Gasteiger partial charge is 0.270 e. The van der Waals surface area contributed by atoms with Crippen LogP contribution in [-0.4, -0.2) is 162 Å². The molecule has 28 nitrogen and oxygen atoms in total. The van der Waals surface area contributed by atoms with Crippen LogP contribution >= 0.6 is 46.4 Å². The number of aromatic nitrogens is 5. The number of hydrogen-bond acceptors (Lipinski definition) is 18. The van der Waals surface area contributed by atoms with Crippen LogP contribution in [0.4, 0.5) is 14.5 Å². The maximum Gasteiger partial charge on any atom is 0.270 e. The molecule has 3 heterocycles. The van der Waals surface area contributed by atoms with Crippen molar-refractivity contribution < 1.29 is 75.6 Å². The van der Waals surface area contributed by atoms with Crippen LogP contribution < -0.4 is 66.8 Å². The number of anilines is 1. The first-order chi connectivity index (χ1) is 59.6. The van der Waals surface area contributed by atoms with Crippen LogP contribution in [0.1, 0.15) is 171 Å². The number of benzene rings is 6. The van der Waals surface area contributed by atoms with Crippen LogP contribution in [-0.2, 0) is 35.3 Å². The maximum atomic E-state index is 13.5. The highest BCUT2D eigenvalue weighted by atomic mass is 35.5. The summed E-state index contributed by atoms with van der Waals surface area (Å²) < 4.78 is 55.3. The number of aryl methyl sites for hydroxylation is 4. The Labute approximate surface area is 738 Å². The average Bonchev–Trinajstić information content (AvgIpc) is 1.35. The molecule has 0 unspecified atom stereocenters. The maximum absolute atomic E-state index is 13.5. The first-order valence-corrected chi connectivity index (χ1v) is 42.3. The summed E-state index contributed by atoms with van der Waals surface area (Å²) in [6, 6.07) is 38.5. The van der Waals surface area contributed by atoms with Gasteiger partial charge in [-0.25, -0.2) is 23.7 Å². The predicted octanol–water partition coefficient (Wildman–Crippen LogP) is 12.2. The van der Waals surface area contributed by atoms with E-state index in [0.29, 0.717) is 101 Å². The number of carbonyl (C=O) groups is 9. The summed E-state index contributed by atoms with van der Waals surface area (Å²) in [4.78, 5) is 125. The summed E-state index contributed by atoms with van der Waals surface area (Å²) >= 11 is 23.3. The normalized spacial score (nSPS) is 23.8. The lowest BCUT2D eigenvalue weighted by molar-refractivity contribution is -0.142. The van der Waals surface area contributed by atoms with E-state index in [1.165, 1.54) is 31.4 Å². The fourth-order valence-corrected chi connectivity index (χ4v) is 18.9. The van der Waals surface area contributed by atoms with Gasteiger partial charge in [0.05, 0.1) is 33.4 Å². The summed E-state index contributed by atoms with van der Waals surface area (Å²) in [6.07, 6.45) is 17.3. The van der Waals surface area contributed by atoms with E-state index in [1.54, 1.807) is 77.9 Å². The van der Waals surface area contributed by atoms with E-state index in [0.717, 1.165) is 97.3 Å². The van der Waals surface area contributed by atoms with Gasteiger partial charge in [-0.3, -0.25) is 47.8 Å².